The van der Waals surface area contributed by atoms with E-state index >= 15 is 0 Å². The van der Waals surface area contributed by atoms with Crippen molar-refractivity contribution >= 4 is 11.7 Å². The Balaban J connectivity index is 1.80. The Hall–Kier alpha value is -1.83. The summed E-state index contributed by atoms with van der Waals surface area (Å²) in [4.78, 5) is 17.4. The van der Waals surface area contributed by atoms with Crippen LogP contribution in [0.4, 0.5) is 19.0 Å². The van der Waals surface area contributed by atoms with Crippen molar-refractivity contribution in [2.45, 2.75) is 25.1 Å². The molecule has 132 valence electrons. The third kappa shape index (κ3) is 3.63. The zero-order valence-corrected chi connectivity index (χ0v) is 13.3. The molecular formula is C16H20F3N3O2. The summed E-state index contributed by atoms with van der Waals surface area (Å²) >= 11 is 0. The topological polar surface area (TPSA) is 54.5 Å². The Kier molecular flexibility index (Phi) is 4.67. The monoisotopic (exact) mass is 343 g/mol. The molecule has 0 radical (unpaired) electrons. The van der Waals surface area contributed by atoms with Crippen LogP contribution in [0.5, 0.6) is 0 Å². The molecule has 1 saturated carbocycles. The lowest BCUT2D eigenvalue weighted by Gasteiger charge is -2.21. The highest BCUT2D eigenvalue weighted by molar-refractivity contribution is 5.77. The predicted octanol–water partition coefficient (Wildman–Crippen LogP) is 2.08. The lowest BCUT2D eigenvalue weighted by molar-refractivity contribution is -0.137. The average molecular weight is 343 g/mol. The number of alkyl halides is 3. The van der Waals surface area contributed by atoms with Gasteiger partial charge in [-0.05, 0) is 30.9 Å². The molecule has 1 aliphatic heterocycles. The number of nitrogens with zero attached hydrogens (tertiary/aromatic N) is 2. The lowest BCUT2D eigenvalue weighted by Crippen LogP contribution is -2.42. The highest BCUT2D eigenvalue weighted by Gasteiger charge is 2.45. The molecule has 2 unspecified atom stereocenters. The maximum atomic E-state index is 13.2. The maximum Gasteiger partial charge on any atom is 0.419 e. The van der Waals surface area contributed by atoms with Gasteiger partial charge in [0.15, 0.2) is 0 Å². The highest BCUT2D eigenvalue weighted by Crippen LogP contribution is 2.44. The third-order valence-corrected chi connectivity index (χ3v) is 4.61. The first-order valence-electron chi connectivity index (χ1n) is 7.95. The van der Waals surface area contributed by atoms with Gasteiger partial charge in [-0.15, -0.1) is 0 Å². The number of methoxy groups -OCH3 is 1. The molecule has 1 aromatic rings. The molecule has 8 heteroatoms. The Labute approximate surface area is 138 Å². The number of halogens is 3. The van der Waals surface area contributed by atoms with Gasteiger partial charge in [0.05, 0.1) is 11.6 Å². The van der Waals surface area contributed by atoms with Crippen LogP contribution in [0.1, 0.15) is 18.4 Å². The number of amides is 1. The van der Waals surface area contributed by atoms with Crippen LogP contribution in [-0.2, 0) is 15.7 Å². The number of rotatable bonds is 5. The fraction of sp³-hybridized carbons (Fsp3) is 0.625. The van der Waals surface area contributed by atoms with Crippen molar-refractivity contribution < 1.29 is 22.7 Å². The first-order chi connectivity index (χ1) is 11.4. The molecule has 1 amide bonds. The molecule has 1 aliphatic carbocycles. The number of carbonyl (C=O) groups excluding carboxylic acids is 1. The number of hydrogen-bond acceptors (Lipinski definition) is 4. The molecule has 0 bridgehead atoms. The summed E-state index contributed by atoms with van der Waals surface area (Å²) in [5, 5.41) is 2.89. The first kappa shape index (κ1) is 17.0. The summed E-state index contributed by atoms with van der Waals surface area (Å²) < 4.78 is 44.5. The minimum atomic E-state index is -4.45. The summed E-state index contributed by atoms with van der Waals surface area (Å²) in [5.74, 6) is 0.306. The van der Waals surface area contributed by atoms with E-state index < -0.39 is 11.7 Å². The summed E-state index contributed by atoms with van der Waals surface area (Å²) in [5.41, 5.74) is -0.733. The molecule has 2 fully saturated rings. The maximum absolute atomic E-state index is 13.2. The predicted molar refractivity (Wildman–Crippen MR) is 81.5 cm³/mol. The van der Waals surface area contributed by atoms with E-state index in [4.69, 9.17) is 4.74 Å². The summed E-state index contributed by atoms with van der Waals surface area (Å²) in [6.07, 6.45) is -0.962. The highest BCUT2D eigenvalue weighted by atomic mass is 19.4. The van der Waals surface area contributed by atoms with Gasteiger partial charge in [0.2, 0.25) is 5.91 Å². The van der Waals surface area contributed by atoms with Crippen molar-refractivity contribution in [2.24, 2.45) is 11.8 Å². The molecule has 1 aromatic heterocycles. The Morgan fingerprint density at radius 2 is 2.17 bits per heavy atom. The van der Waals surface area contributed by atoms with Crippen LogP contribution >= 0.6 is 0 Å². The number of anilines is 1. The van der Waals surface area contributed by atoms with E-state index in [1.807, 2.05) is 0 Å². The van der Waals surface area contributed by atoms with E-state index in [2.05, 4.69) is 10.3 Å². The molecule has 2 atom stereocenters. The van der Waals surface area contributed by atoms with Gasteiger partial charge in [0, 0.05) is 32.3 Å². The zero-order chi connectivity index (χ0) is 17.3. The minimum absolute atomic E-state index is 0.0503. The standard InChI is InChI=1S/C16H20F3N3O2/c1-24-9-14(23)21-13-8-22(7-11(13)10-4-5-10)15-12(16(17,18)19)3-2-6-20-15/h2-3,6,10-11,13H,4-5,7-9H2,1H3,(H,21,23). The van der Waals surface area contributed by atoms with Crippen molar-refractivity contribution in [3.05, 3.63) is 23.9 Å². The van der Waals surface area contributed by atoms with Crippen LogP contribution in [0, 0.1) is 11.8 Å². The SMILES string of the molecule is COCC(=O)NC1CN(c2ncccc2C(F)(F)F)CC1C1CC1. The van der Waals surface area contributed by atoms with E-state index in [0.717, 1.165) is 18.9 Å². The first-order valence-corrected chi connectivity index (χ1v) is 7.95. The fourth-order valence-corrected chi connectivity index (χ4v) is 3.41. The molecule has 5 nitrogen and oxygen atoms in total. The van der Waals surface area contributed by atoms with Crippen molar-refractivity contribution in [1.29, 1.82) is 0 Å². The summed E-state index contributed by atoms with van der Waals surface area (Å²) in [7, 11) is 1.43. The second kappa shape index (κ2) is 6.58. The second-order valence-corrected chi connectivity index (χ2v) is 6.39. The largest absolute Gasteiger partial charge is 0.419 e. The smallest absolute Gasteiger partial charge is 0.375 e. The van der Waals surface area contributed by atoms with E-state index in [1.165, 1.54) is 19.4 Å². The van der Waals surface area contributed by atoms with Crippen molar-refractivity contribution in [3.8, 4) is 0 Å². The van der Waals surface area contributed by atoms with Crippen molar-refractivity contribution in [1.82, 2.24) is 10.3 Å². The van der Waals surface area contributed by atoms with Crippen LogP contribution in [0.3, 0.4) is 0 Å². The van der Waals surface area contributed by atoms with Gasteiger partial charge in [-0.25, -0.2) is 4.98 Å². The van der Waals surface area contributed by atoms with E-state index in [0.29, 0.717) is 19.0 Å². The molecule has 3 rings (SSSR count). The molecule has 1 N–H and O–H groups in total. The van der Waals surface area contributed by atoms with Crippen molar-refractivity contribution in [2.75, 3.05) is 31.7 Å². The molecule has 1 saturated heterocycles. The number of aromatic nitrogens is 1. The van der Waals surface area contributed by atoms with Gasteiger partial charge in [-0.1, -0.05) is 0 Å². The van der Waals surface area contributed by atoms with Gasteiger partial charge >= 0.3 is 6.18 Å². The normalized spacial score (nSPS) is 24.2. The Morgan fingerprint density at radius 1 is 1.42 bits per heavy atom. The summed E-state index contributed by atoms with van der Waals surface area (Å²) in [6.45, 7) is 0.755. The number of hydrogen-bond donors (Lipinski definition) is 1. The second-order valence-electron chi connectivity index (χ2n) is 6.39. The average Bonchev–Trinajstić information content (AvgIpc) is 3.28. The molecule has 0 spiro atoms. The number of nitrogens with one attached hydrogen (secondary N) is 1. The van der Waals surface area contributed by atoms with Crippen molar-refractivity contribution in [3.63, 3.8) is 0 Å². The fourth-order valence-electron chi connectivity index (χ4n) is 3.41. The van der Waals surface area contributed by atoms with Gasteiger partial charge in [0.1, 0.15) is 12.4 Å². The quantitative estimate of drug-likeness (QED) is 0.889. The van der Waals surface area contributed by atoms with Crippen LogP contribution in [-0.4, -0.2) is 43.7 Å². The summed E-state index contributed by atoms with van der Waals surface area (Å²) in [6, 6.07) is 2.16. The van der Waals surface area contributed by atoms with E-state index in [-0.39, 0.29) is 30.3 Å². The van der Waals surface area contributed by atoms with Gasteiger partial charge < -0.3 is 15.0 Å². The van der Waals surface area contributed by atoms with Gasteiger partial charge in [-0.2, -0.15) is 13.2 Å². The molecule has 24 heavy (non-hydrogen) atoms. The van der Waals surface area contributed by atoms with Crippen LogP contribution in [0.15, 0.2) is 18.3 Å². The zero-order valence-electron chi connectivity index (χ0n) is 13.3. The lowest BCUT2D eigenvalue weighted by atomic mass is 9.98. The van der Waals surface area contributed by atoms with Crippen LogP contribution in [0.2, 0.25) is 0 Å². The minimum Gasteiger partial charge on any atom is -0.375 e. The van der Waals surface area contributed by atoms with Gasteiger partial charge in [0.25, 0.3) is 0 Å². The van der Waals surface area contributed by atoms with Gasteiger partial charge in [-0.3, -0.25) is 4.79 Å². The molecule has 2 aliphatic rings. The van der Waals surface area contributed by atoms with Crippen LogP contribution in [0.25, 0.3) is 0 Å². The number of carbonyl (C=O) groups is 1. The third-order valence-electron chi connectivity index (χ3n) is 4.61. The molecule has 2 heterocycles. The Bertz CT molecular complexity index is 604. The van der Waals surface area contributed by atoms with Crippen LogP contribution < -0.4 is 10.2 Å². The number of ether oxygens (including phenoxy) is 1. The van der Waals surface area contributed by atoms with E-state index in [1.54, 1.807) is 4.90 Å². The molecule has 0 aromatic carbocycles. The number of pyridine rings is 1. The van der Waals surface area contributed by atoms with E-state index in [9.17, 15) is 18.0 Å². The molecular weight excluding hydrogens is 323 g/mol. The Morgan fingerprint density at radius 3 is 2.79 bits per heavy atom.